The Balaban J connectivity index is 2.20. The van der Waals surface area contributed by atoms with Crippen LogP contribution in [0.4, 0.5) is 0 Å². The highest BCUT2D eigenvalue weighted by Gasteiger charge is 2.38. The lowest BCUT2D eigenvalue weighted by Crippen LogP contribution is -2.49. The van der Waals surface area contributed by atoms with Crippen LogP contribution in [0.5, 0.6) is 0 Å². The second-order valence-corrected chi connectivity index (χ2v) is 7.34. The van der Waals surface area contributed by atoms with Crippen LogP contribution in [-0.2, 0) is 19.6 Å². The molecule has 1 aliphatic heterocycles. The number of piperidine rings is 1. The molecule has 0 radical (unpaired) electrons. The van der Waals surface area contributed by atoms with Crippen LogP contribution >= 0.6 is 0 Å². The van der Waals surface area contributed by atoms with Gasteiger partial charge in [-0.2, -0.15) is 4.31 Å². The quantitative estimate of drug-likeness (QED) is 0.859. The van der Waals surface area contributed by atoms with Crippen molar-refractivity contribution in [1.82, 2.24) is 4.31 Å². The van der Waals surface area contributed by atoms with Gasteiger partial charge in [-0.15, -0.1) is 0 Å². The van der Waals surface area contributed by atoms with Crippen LogP contribution in [0, 0.1) is 0 Å². The molecule has 22 heavy (non-hydrogen) atoms. The summed E-state index contributed by atoms with van der Waals surface area (Å²) < 4.78 is 31.7. The molecule has 2 atom stereocenters. The smallest absolute Gasteiger partial charge is 0.322 e. The number of sulfonamides is 1. The molecule has 1 heterocycles. The Hall–Kier alpha value is -1.44. The molecule has 0 spiro atoms. The molecular weight excluding hydrogens is 306 g/mol. The monoisotopic (exact) mass is 327 g/mol. The first-order valence-electron chi connectivity index (χ1n) is 7.26. The third-order valence-corrected chi connectivity index (χ3v) is 5.79. The Bertz CT molecular complexity index is 602. The van der Waals surface area contributed by atoms with Gasteiger partial charge in [-0.3, -0.25) is 4.79 Å². The van der Waals surface area contributed by atoms with E-state index in [0.29, 0.717) is 12.8 Å². The Kier molecular flexibility index (Phi) is 5.55. The molecule has 1 aliphatic rings. The standard InChI is InChI=1S/C15H21NO5S/c1-21-14(12-7-3-2-4-8-12)11-22(19,20)16-10-6-5-9-13(16)15(17)18/h2-4,7-8,13-14H,5-6,9-11H2,1H3,(H,17,18). The van der Waals surface area contributed by atoms with Crippen molar-refractivity contribution in [3.63, 3.8) is 0 Å². The minimum absolute atomic E-state index is 0.253. The summed E-state index contributed by atoms with van der Waals surface area (Å²) in [5.41, 5.74) is 0.762. The van der Waals surface area contributed by atoms with Crippen LogP contribution < -0.4 is 0 Å². The van der Waals surface area contributed by atoms with Crippen molar-refractivity contribution in [3.05, 3.63) is 35.9 Å². The summed E-state index contributed by atoms with van der Waals surface area (Å²) in [6, 6.07) is 8.11. The first-order chi connectivity index (χ1) is 10.5. The highest BCUT2D eigenvalue weighted by Crippen LogP contribution is 2.25. The van der Waals surface area contributed by atoms with Crippen LogP contribution in [0.15, 0.2) is 30.3 Å². The number of hydrogen-bond donors (Lipinski definition) is 1. The minimum Gasteiger partial charge on any atom is -0.480 e. The Labute approximate surface area is 130 Å². The number of carbonyl (C=O) groups is 1. The molecule has 1 N–H and O–H groups in total. The third kappa shape index (κ3) is 3.85. The molecule has 0 aliphatic carbocycles. The zero-order valence-corrected chi connectivity index (χ0v) is 13.3. The maximum atomic E-state index is 12.6. The van der Waals surface area contributed by atoms with E-state index in [-0.39, 0.29) is 12.3 Å². The van der Waals surface area contributed by atoms with Crippen molar-refractivity contribution in [2.24, 2.45) is 0 Å². The van der Waals surface area contributed by atoms with Gasteiger partial charge in [0.2, 0.25) is 10.0 Å². The molecule has 0 amide bonds. The molecule has 1 saturated heterocycles. The Morgan fingerprint density at radius 1 is 1.36 bits per heavy atom. The predicted molar refractivity (Wildman–Crippen MR) is 82.0 cm³/mol. The number of carboxylic acids is 1. The van der Waals surface area contributed by atoms with Gasteiger partial charge in [0.15, 0.2) is 0 Å². The van der Waals surface area contributed by atoms with Gasteiger partial charge in [0.25, 0.3) is 0 Å². The molecule has 1 aromatic rings. The second kappa shape index (κ2) is 7.21. The molecule has 6 nitrogen and oxygen atoms in total. The summed E-state index contributed by atoms with van der Waals surface area (Å²) in [7, 11) is -2.25. The number of aliphatic carboxylic acids is 1. The zero-order valence-electron chi connectivity index (χ0n) is 12.5. The summed E-state index contributed by atoms with van der Waals surface area (Å²) in [5.74, 6) is -1.34. The van der Waals surface area contributed by atoms with Crippen LogP contribution in [-0.4, -0.2) is 49.2 Å². The van der Waals surface area contributed by atoms with E-state index in [0.717, 1.165) is 16.3 Å². The summed E-state index contributed by atoms with van der Waals surface area (Å²) in [4.78, 5) is 11.3. The molecule has 0 bridgehead atoms. The lowest BCUT2D eigenvalue weighted by atomic mass is 10.1. The highest BCUT2D eigenvalue weighted by atomic mass is 32.2. The molecule has 7 heteroatoms. The maximum Gasteiger partial charge on any atom is 0.322 e. The lowest BCUT2D eigenvalue weighted by molar-refractivity contribution is -0.142. The topological polar surface area (TPSA) is 83.9 Å². The number of ether oxygens (including phenoxy) is 1. The molecule has 1 aromatic carbocycles. The minimum atomic E-state index is -3.71. The molecule has 122 valence electrons. The van der Waals surface area contributed by atoms with Crippen molar-refractivity contribution in [2.45, 2.75) is 31.4 Å². The SMILES string of the molecule is COC(CS(=O)(=O)N1CCCCC1C(=O)O)c1ccccc1. The lowest BCUT2D eigenvalue weighted by Gasteiger charge is -2.32. The average Bonchev–Trinajstić information content (AvgIpc) is 2.53. The van der Waals surface area contributed by atoms with Gasteiger partial charge in [-0.1, -0.05) is 30.3 Å². The van der Waals surface area contributed by atoms with Crippen molar-refractivity contribution >= 4 is 16.0 Å². The van der Waals surface area contributed by atoms with E-state index >= 15 is 0 Å². The van der Waals surface area contributed by atoms with Gasteiger partial charge in [-0.05, 0) is 24.8 Å². The van der Waals surface area contributed by atoms with Gasteiger partial charge < -0.3 is 9.84 Å². The number of hydrogen-bond acceptors (Lipinski definition) is 4. The predicted octanol–water partition coefficient (Wildman–Crippen LogP) is 1.64. The van der Waals surface area contributed by atoms with E-state index in [1.165, 1.54) is 7.11 Å². The summed E-state index contributed by atoms with van der Waals surface area (Å²) in [6.45, 7) is 0.254. The molecular formula is C15H21NO5S. The number of carboxylic acid groups (broad SMARTS) is 1. The molecule has 2 rings (SSSR count). The van der Waals surface area contributed by atoms with Crippen molar-refractivity contribution < 1.29 is 23.1 Å². The molecule has 1 fully saturated rings. The van der Waals surface area contributed by atoms with Gasteiger partial charge in [0.1, 0.15) is 6.04 Å². The Morgan fingerprint density at radius 3 is 2.64 bits per heavy atom. The summed E-state index contributed by atoms with van der Waals surface area (Å²) in [5, 5.41) is 9.24. The summed E-state index contributed by atoms with van der Waals surface area (Å²) >= 11 is 0. The van der Waals surface area contributed by atoms with E-state index < -0.39 is 28.1 Å². The van der Waals surface area contributed by atoms with Crippen LogP contribution in [0.1, 0.15) is 30.9 Å². The summed E-state index contributed by atoms with van der Waals surface area (Å²) in [6.07, 6.45) is 1.17. The second-order valence-electron chi connectivity index (χ2n) is 5.37. The van der Waals surface area contributed by atoms with E-state index in [1.54, 1.807) is 12.1 Å². The zero-order chi connectivity index (χ0) is 16.2. The number of methoxy groups -OCH3 is 1. The number of rotatable bonds is 6. The molecule has 0 aromatic heterocycles. The first kappa shape index (κ1) is 16.9. The van der Waals surface area contributed by atoms with Crippen molar-refractivity contribution in [1.29, 1.82) is 0 Å². The fourth-order valence-corrected chi connectivity index (χ4v) is 4.63. The Morgan fingerprint density at radius 2 is 2.05 bits per heavy atom. The fourth-order valence-electron chi connectivity index (χ4n) is 2.74. The fraction of sp³-hybridized carbons (Fsp3) is 0.533. The van der Waals surface area contributed by atoms with Gasteiger partial charge in [-0.25, -0.2) is 8.42 Å². The molecule has 2 unspecified atom stereocenters. The van der Waals surface area contributed by atoms with Gasteiger partial charge in [0.05, 0.1) is 11.9 Å². The van der Waals surface area contributed by atoms with E-state index in [2.05, 4.69) is 0 Å². The van der Waals surface area contributed by atoms with Crippen LogP contribution in [0.25, 0.3) is 0 Å². The molecule has 0 saturated carbocycles. The van der Waals surface area contributed by atoms with E-state index in [4.69, 9.17) is 4.74 Å². The number of benzene rings is 1. The highest BCUT2D eigenvalue weighted by molar-refractivity contribution is 7.89. The van der Waals surface area contributed by atoms with Crippen molar-refractivity contribution in [3.8, 4) is 0 Å². The number of nitrogens with zero attached hydrogens (tertiary/aromatic N) is 1. The van der Waals surface area contributed by atoms with Crippen LogP contribution in [0.3, 0.4) is 0 Å². The van der Waals surface area contributed by atoms with E-state index in [9.17, 15) is 18.3 Å². The van der Waals surface area contributed by atoms with E-state index in [1.807, 2.05) is 18.2 Å². The van der Waals surface area contributed by atoms with Gasteiger partial charge in [0, 0.05) is 13.7 Å². The normalized spacial score (nSPS) is 21.4. The third-order valence-electron chi connectivity index (χ3n) is 3.91. The van der Waals surface area contributed by atoms with Crippen molar-refractivity contribution in [2.75, 3.05) is 19.4 Å². The average molecular weight is 327 g/mol. The first-order valence-corrected chi connectivity index (χ1v) is 8.86. The van der Waals surface area contributed by atoms with Gasteiger partial charge >= 0.3 is 5.97 Å². The largest absolute Gasteiger partial charge is 0.480 e. The maximum absolute atomic E-state index is 12.6. The van der Waals surface area contributed by atoms with Crippen LogP contribution in [0.2, 0.25) is 0 Å².